The van der Waals surface area contributed by atoms with E-state index in [2.05, 4.69) is 4.98 Å². The SMILES string of the molecule is CN(C)CCOC(=O)c1ccc(N)cn1. The van der Waals surface area contributed by atoms with Crippen LogP contribution in [0.5, 0.6) is 0 Å². The molecule has 1 aromatic rings. The van der Waals surface area contributed by atoms with Gasteiger partial charge in [-0.05, 0) is 26.2 Å². The summed E-state index contributed by atoms with van der Waals surface area (Å²) in [4.78, 5) is 17.2. The fourth-order valence-electron chi connectivity index (χ4n) is 0.921. The third-order valence-corrected chi connectivity index (χ3v) is 1.77. The number of carbonyl (C=O) groups excluding carboxylic acids is 1. The van der Waals surface area contributed by atoms with Crippen molar-refractivity contribution in [3.8, 4) is 0 Å². The molecule has 0 aromatic carbocycles. The van der Waals surface area contributed by atoms with E-state index in [4.69, 9.17) is 10.5 Å². The zero-order valence-corrected chi connectivity index (χ0v) is 8.93. The summed E-state index contributed by atoms with van der Waals surface area (Å²) < 4.78 is 4.99. The Labute approximate surface area is 88.9 Å². The number of hydrogen-bond donors (Lipinski definition) is 1. The second-order valence-corrected chi connectivity index (χ2v) is 3.42. The van der Waals surface area contributed by atoms with Crippen LogP contribution in [0.4, 0.5) is 5.69 Å². The first kappa shape index (κ1) is 11.5. The van der Waals surface area contributed by atoms with E-state index >= 15 is 0 Å². The van der Waals surface area contributed by atoms with Crippen molar-refractivity contribution in [2.24, 2.45) is 0 Å². The minimum atomic E-state index is -0.420. The number of nitrogens with two attached hydrogens (primary N) is 1. The van der Waals surface area contributed by atoms with Crippen LogP contribution in [0.3, 0.4) is 0 Å². The molecule has 2 N–H and O–H groups in total. The van der Waals surface area contributed by atoms with E-state index in [1.807, 2.05) is 19.0 Å². The van der Waals surface area contributed by atoms with E-state index in [-0.39, 0.29) is 5.69 Å². The van der Waals surface area contributed by atoms with E-state index in [9.17, 15) is 4.79 Å². The lowest BCUT2D eigenvalue weighted by atomic mass is 10.3. The fraction of sp³-hybridized carbons (Fsp3) is 0.400. The molecule has 0 spiro atoms. The highest BCUT2D eigenvalue weighted by Gasteiger charge is 2.07. The molecule has 0 amide bonds. The Hall–Kier alpha value is -1.62. The van der Waals surface area contributed by atoms with Gasteiger partial charge in [-0.3, -0.25) is 0 Å². The Morgan fingerprint density at radius 1 is 1.53 bits per heavy atom. The van der Waals surface area contributed by atoms with Gasteiger partial charge < -0.3 is 15.4 Å². The van der Waals surface area contributed by atoms with Crippen molar-refractivity contribution in [3.05, 3.63) is 24.0 Å². The van der Waals surface area contributed by atoms with E-state index in [1.165, 1.54) is 6.20 Å². The van der Waals surface area contributed by atoms with Gasteiger partial charge in [-0.15, -0.1) is 0 Å². The van der Waals surface area contributed by atoms with Crippen LogP contribution in [-0.2, 0) is 4.74 Å². The summed E-state index contributed by atoms with van der Waals surface area (Å²) in [6.45, 7) is 1.05. The minimum Gasteiger partial charge on any atom is -0.460 e. The number of hydrogen-bond acceptors (Lipinski definition) is 5. The van der Waals surface area contributed by atoms with Crippen LogP contribution in [0, 0.1) is 0 Å². The van der Waals surface area contributed by atoms with Crippen LogP contribution >= 0.6 is 0 Å². The largest absolute Gasteiger partial charge is 0.460 e. The minimum absolute atomic E-state index is 0.281. The molecule has 0 atom stereocenters. The first-order chi connectivity index (χ1) is 7.09. The normalized spacial score (nSPS) is 10.3. The van der Waals surface area contributed by atoms with Gasteiger partial charge in [0.05, 0.1) is 11.9 Å². The lowest BCUT2D eigenvalue weighted by Crippen LogP contribution is -2.20. The Bertz CT molecular complexity index is 322. The average Bonchev–Trinajstić information content (AvgIpc) is 2.18. The molecule has 5 heteroatoms. The smallest absolute Gasteiger partial charge is 0.356 e. The molecule has 0 bridgehead atoms. The van der Waals surface area contributed by atoms with Gasteiger partial charge in [0.1, 0.15) is 12.3 Å². The number of nitrogens with zero attached hydrogens (tertiary/aromatic N) is 2. The van der Waals surface area contributed by atoms with E-state index in [0.29, 0.717) is 18.8 Å². The van der Waals surface area contributed by atoms with Gasteiger partial charge in [0.2, 0.25) is 0 Å². The van der Waals surface area contributed by atoms with Crippen molar-refractivity contribution < 1.29 is 9.53 Å². The van der Waals surface area contributed by atoms with Crippen molar-refractivity contribution >= 4 is 11.7 Å². The molecule has 0 aliphatic rings. The monoisotopic (exact) mass is 209 g/mol. The van der Waals surface area contributed by atoms with Crippen LogP contribution in [0.15, 0.2) is 18.3 Å². The van der Waals surface area contributed by atoms with Crippen molar-refractivity contribution in [2.75, 3.05) is 33.0 Å². The zero-order chi connectivity index (χ0) is 11.3. The van der Waals surface area contributed by atoms with Crippen molar-refractivity contribution in [3.63, 3.8) is 0 Å². The molecule has 15 heavy (non-hydrogen) atoms. The molecule has 0 unspecified atom stereocenters. The summed E-state index contributed by atoms with van der Waals surface area (Å²) in [5.41, 5.74) is 6.25. The van der Waals surface area contributed by atoms with Crippen molar-refractivity contribution in [1.82, 2.24) is 9.88 Å². The molecule has 82 valence electrons. The Balaban J connectivity index is 2.43. The van der Waals surface area contributed by atoms with Gasteiger partial charge in [-0.2, -0.15) is 0 Å². The predicted molar refractivity (Wildman–Crippen MR) is 57.5 cm³/mol. The molecule has 0 aliphatic heterocycles. The van der Waals surface area contributed by atoms with Gasteiger partial charge in [0, 0.05) is 6.54 Å². The van der Waals surface area contributed by atoms with Crippen LogP contribution in [0.2, 0.25) is 0 Å². The predicted octanol–water partition coefficient (Wildman–Crippen LogP) is 0.382. The summed E-state index contributed by atoms with van der Waals surface area (Å²) in [5.74, 6) is -0.420. The van der Waals surface area contributed by atoms with Crippen LogP contribution in [-0.4, -0.2) is 43.1 Å². The Morgan fingerprint density at radius 2 is 2.27 bits per heavy atom. The van der Waals surface area contributed by atoms with Crippen LogP contribution in [0.25, 0.3) is 0 Å². The number of esters is 1. The van der Waals surface area contributed by atoms with Gasteiger partial charge in [0.25, 0.3) is 0 Å². The van der Waals surface area contributed by atoms with Crippen molar-refractivity contribution in [1.29, 1.82) is 0 Å². The molecule has 0 saturated heterocycles. The molecule has 0 aliphatic carbocycles. The summed E-state index contributed by atoms with van der Waals surface area (Å²) in [6.07, 6.45) is 1.43. The highest BCUT2D eigenvalue weighted by Crippen LogP contribution is 2.02. The first-order valence-electron chi connectivity index (χ1n) is 4.63. The number of anilines is 1. The molecule has 0 saturated carbocycles. The summed E-state index contributed by atoms with van der Waals surface area (Å²) in [6, 6.07) is 3.17. The first-order valence-corrected chi connectivity index (χ1v) is 4.63. The number of rotatable bonds is 4. The quantitative estimate of drug-likeness (QED) is 0.726. The highest BCUT2D eigenvalue weighted by atomic mass is 16.5. The highest BCUT2D eigenvalue weighted by molar-refractivity contribution is 5.87. The molecule has 0 radical (unpaired) electrons. The molecule has 1 rings (SSSR count). The van der Waals surface area contributed by atoms with Crippen LogP contribution < -0.4 is 5.73 Å². The number of pyridine rings is 1. The lowest BCUT2D eigenvalue weighted by molar-refractivity contribution is 0.0475. The number of likely N-dealkylation sites (N-methyl/N-ethyl adjacent to an activating group) is 1. The van der Waals surface area contributed by atoms with Gasteiger partial charge in [-0.1, -0.05) is 0 Å². The molecular formula is C10H15N3O2. The maximum Gasteiger partial charge on any atom is 0.356 e. The lowest BCUT2D eigenvalue weighted by Gasteiger charge is -2.09. The van der Waals surface area contributed by atoms with Gasteiger partial charge >= 0.3 is 5.97 Å². The van der Waals surface area contributed by atoms with Crippen LogP contribution in [0.1, 0.15) is 10.5 Å². The average molecular weight is 209 g/mol. The third-order valence-electron chi connectivity index (χ3n) is 1.77. The number of aromatic nitrogens is 1. The summed E-state index contributed by atoms with van der Waals surface area (Å²) in [5, 5.41) is 0. The van der Waals surface area contributed by atoms with E-state index < -0.39 is 5.97 Å². The second-order valence-electron chi connectivity index (χ2n) is 3.42. The molecule has 5 nitrogen and oxygen atoms in total. The fourth-order valence-corrected chi connectivity index (χ4v) is 0.921. The summed E-state index contributed by atoms with van der Waals surface area (Å²) in [7, 11) is 3.82. The zero-order valence-electron chi connectivity index (χ0n) is 8.93. The van der Waals surface area contributed by atoms with Crippen molar-refractivity contribution in [2.45, 2.75) is 0 Å². The number of ether oxygens (including phenoxy) is 1. The van der Waals surface area contributed by atoms with Gasteiger partial charge in [0.15, 0.2) is 0 Å². The standard InChI is InChI=1S/C10H15N3O2/c1-13(2)5-6-15-10(14)9-4-3-8(11)7-12-9/h3-4,7H,5-6,11H2,1-2H3. The maximum absolute atomic E-state index is 11.4. The van der Waals surface area contributed by atoms with E-state index in [1.54, 1.807) is 12.1 Å². The summed E-state index contributed by atoms with van der Waals surface area (Å²) >= 11 is 0. The van der Waals surface area contributed by atoms with Gasteiger partial charge in [-0.25, -0.2) is 9.78 Å². The maximum atomic E-state index is 11.4. The molecule has 0 fully saturated rings. The Morgan fingerprint density at radius 3 is 2.80 bits per heavy atom. The topological polar surface area (TPSA) is 68.5 Å². The second kappa shape index (κ2) is 5.31. The molecule has 1 heterocycles. The molecule has 1 aromatic heterocycles. The molecular weight excluding hydrogens is 194 g/mol. The number of nitrogen functional groups attached to an aromatic ring is 1. The number of carbonyl (C=O) groups is 1. The third kappa shape index (κ3) is 3.95. The Kier molecular flexibility index (Phi) is 4.05. The van der Waals surface area contributed by atoms with E-state index in [0.717, 1.165) is 0 Å².